The second-order valence-corrected chi connectivity index (χ2v) is 9.48. The lowest BCUT2D eigenvalue weighted by Crippen LogP contribution is -2.60. The van der Waals surface area contributed by atoms with Crippen molar-refractivity contribution in [2.24, 2.45) is 0 Å². The Bertz CT molecular complexity index is 1660. The number of rotatable bonds is 7. The van der Waals surface area contributed by atoms with Crippen molar-refractivity contribution in [3.05, 3.63) is 88.6 Å². The van der Waals surface area contributed by atoms with E-state index in [2.05, 4.69) is 0 Å². The molecule has 4 aromatic rings. The second kappa shape index (κ2) is 11.9. The van der Waals surface area contributed by atoms with Gasteiger partial charge in [-0.05, 0) is 35.9 Å². The first-order chi connectivity index (χ1) is 20.1. The molecule has 1 aliphatic heterocycles. The summed E-state index contributed by atoms with van der Waals surface area (Å²) < 4.78 is 22.3. The molecule has 0 spiro atoms. The van der Waals surface area contributed by atoms with Crippen LogP contribution in [0.15, 0.2) is 82.0 Å². The predicted molar refractivity (Wildman–Crippen MR) is 147 cm³/mol. The number of fused-ring (bicyclic) bond motifs is 1. The number of phenolic OH excluding ortho intramolecular Hbond substituents is 3. The predicted octanol–water partition coefficient (Wildman–Crippen LogP) is 2.02. The summed E-state index contributed by atoms with van der Waals surface area (Å²) in [5, 5.41) is 61.2. The van der Waals surface area contributed by atoms with Crippen molar-refractivity contribution in [1.82, 2.24) is 0 Å². The number of phenols is 3. The molecule has 1 fully saturated rings. The van der Waals surface area contributed by atoms with Gasteiger partial charge in [-0.15, -0.1) is 0 Å². The minimum atomic E-state index is -1.87. The molecule has 1 aliphatic rings. The van der Waals surface area contributed by atoms with Crippen LogP contribution in [0.3, 0.4) is 0 Å². The average Bonchev–Trinajstić information content (AvgIpc) is 2.97. The van der Waals surface area contributed by atoms with Crippen LogP contribution in [0.1, 0.15) is 5.56 Å². The van der Waals surface area contributed by atoms with Gasteiger partial charge in [0, 0.05) is 23.8 Å². The normalized spacial score (nSPS) is 22.3. The van der Waals surface area contributed by atoms with E-state index in [1.54, 1.807) is 24.3 Å². The van der Waals surface area contributed by atoms with E-state index in [9.17, 15) is 40.2 Å². The van der Waals surface area contributed by atoms with Gasteiger partial charge in [-0.1, -0.05) is 30.3 Å². The number of esters is 1. The quantitative estimate of drug-likeness (QED) is 0.138. The van der Waals surface area contributed by atoms with Crippen LogP contribution in [0, 0.1) is 0 Å². The lowest BCUT2D eigenvalue weighted by molar-refractivity contribution is -0.278. The lowest BCUT2D eigenvalue weighted by atomic mass is 9.99. The van der Waals surface area contributed by atoms with Gasteiger partial charge in [-0.25, -0.2) is 4.79 Å². The minimum absolute atomic E-state index is 0.0845. The van der Waals surface area contributed by atoms with Gasteiger partial charge < -0.3 is 49.3 Å². The van der Waals surface area contributed by atoms with Crippen molar-refractivity contribution in [3.8, 4) is 34.3 Å². The van der Waals surface area contributed by atoms with E-state index in [1.807, 2.05) is 6.07 Å². The molecule has 218 valence electrons. The summed E-state index contributed by atoms with van der Waals surface area (Å²) in [7, 11) is 0. The summed E-state index contributed by atoms with van der Waals surface area (Å²) in [4.78, 5) is 25.8. The molecule has 12 nitrogen and oxygen atoms in total. The van der Waals surface area contributed by atoms with Crippen LogP contribution in [0.4, 0.5) is 0 Å². The fraction of sp³-hybridized carbons (Fsp3) is 0.200. The first-order valence-electron chi connectivity index (χ1n) is 12.7. The zero-order chi connectivity index (χ0) is 30.0. The maximum absolute atomic E-state index is 13.5. The van der Waals surface area contributed by atoms with Gasteiger partial charge in [0.15, 0.2) is 5.76 Å². The van der Waals surface area contributed by atoms with E-state index in [0.717, 1.165) is 23.8 Å². The largest absolute Gasteiger partial charge is 0.508 e. The molecular weight excluding hydrogens is 552 g/mol. The third-order valence-electron chi connectivity index (χ3n) is 6.55. The van der Waals surface area contributed by atoms with Gasteiger partial charge in [0.25, 0.3) is 0 Å². The molecule has 12 heteroatoms. The minimum Gasteiger partial charge on any atom is -0.508 e. The number of carbonyl (C=O) groups is 1. The maximum Gasteiger partial charge on any atom is 0.330 e. The summed E-state index contributed by atoms with van der Waals surface area (Å²) in [5.41, 5.74) is -0.134. The first-order valence-corrected chi connectivity index (χ1v) is 12.7. The lowest BCUT2D eigenvalue weighted by Gasteiger charge is -2.39. The Morgan fingerprint density at radius 3 is 2.31 bits per heavy atom. The molecule has 42 heavy (non-hydrogen) atoms. The summed E-state index contributed by atoms with van der Waals surface area (Å²) in [6.45, 7) is -0.542. The molecule has 1 saturated heterocycles. The molecule has 6 N–H and O–H groups in total. The zero-order valence-electron chi connectivity index (χ0n) is 21.7. The van der Waals surface area contributed by atoms with Gasteiger partial charge in [0.2, 0.25) is 17.5 Å². The number of carbonyl (C=O) groups excluding carboxylic acids is 1. The van der Waals surface area contributed by atoms with Crippen molar-refractivity contribution in [3.63, 3.8) is 0 Å². The highest BCUT2D eigenvalue weighted by Gasteiger charge is 2.46. The maximum atomic E-state index is 13.5. The Morgan fingerprint density at radius 2 is 1.60 bits per heavy atom. The number of aromatic hydroxyl groups is 3. The highest BCUT2D eigenvalue weighted by molar-refractivity contribution is 5.88. The van der Waals surface area contributed by atoms with Crippen molar-refractivity contribution in [2.45, 2.75) is 30.7 Å². The van der Waals surface area contributed by atoms with E-state index in [1.165, 1.54) is 30.3 Å². The van der Waals surface area contributed by atoms with Crippen LogP contribution in [-0.2, 0) is 14.3 Å². The SMILES string of the molecule is O=C(C=Cc1ccccc1)OCC1OC(Oc2c(-c3ccc(O)cc3)oc3cc(O)cc(O)c3c2=O)C(O)C(O)C1O. The Morgan fingerprint density at radius 1 is 0.881 bits per heavy atom. The van der Waals surface area contributed by atoms with Crippen LogP contribution < -0.4 is 10.2 Å². The van der Waals surface area contributed by atoms with Gasteiger partial charge in [0.1, 0.15) is 59.2 Å². The Kier molecular flexibility index (Phi) is 8.13. The van der Waals surface area contributed by atoms with E-state index in [0.29, 0.717) is 0 Å². The van der Waals surface area contributed by atoms with E-state index in [-0.39, 0.29) is 33.8 Å². The summed E-state index contributed by atoms with van der Waals surface area (Å²) >= 11 is 0. The first kappa shape index (κ1) is 28.6. The molecule has 0 aliphatic carbocycles. The fourth-order valence-corrected chi connectivity index (χ4v) is 4.39. The zero-order valence-corrected chi connectivity index (χ0v) is 21.7. The van der Waals surface area contributed by atoms with Crippen molar-refractivity contribution in [1.29, 1.82) is 0 Å². The van der Waals surface area contributed by atoms with E-state index in [4.69, 9.17) is 18.6 Å². The third kappa shape index (κ3) is 5.92. The Labute approximate surface area is 237 Å². The summed E-state index contributed by atoms with van der Waals surface area (Å²) in [6.07, 6.45) is -5.87. The van der Waals surface area contributed by atoms with E-state index >= 15 is 0 Å². The van der Waals surface area contributed by atoms with Gasteiger partial charge in [-0.3, -0.25) is 4.79 Å². The number of ether oxygens (including phenoxy) is 3. The molecule has 0 amide bonds. The highest BCUT2D eigenvalue weighted by Crippen LogP contribution is 2.37. The summed E-state index contributed by atoms with van der Waals surface area (Å²) in [6, 6.07) is 16.4. The number of aliphatic hydroxyl groups is 3. The molecule has 0 radical (unpaired) electrons. The molecule has 5 unspecified atom stereocenters. The van der Waals surface area contributed by atoms with Crippen LogP contribution in [0.25, 0.3) is 28.4 Å². The van der Waals surface area contributed by atoms with E-state index < -0.39 is 60.2 Å². The van der Waals surface area contributed by atoms with Crippen LogP contribution in [0.2, 0.25) is 0 Å². The van der Waals surface area contributed by atoms with Crippen molar-refractivity contribution in [2.75, 3.05) is 6.61 Å². The van der Waals surface area contributed by atoms with Gasteiger partial charge >= 0.3 is 5.97 Å². The average molecular weight is 579 g/mol. The van der Waals surface area contributed by atoms with Crippen LogP contribution in [-0.4, -0.2) is 73.9 Å². The topological polar surface area (TPSA) is 196 Å². The van der Waals surface area contributed by atoms with Crippen molar-refractivity contribution < 1.29 is 54.1 Å². The molecule has 0 saturated carbocycles. The number of hydrogen-bond acceptors (Lipinski definition) is 12. The van der Waals surface area contributed by atoms with Gasteiger partial charge in [-0.2, -0.15) is 0 Å². The van der Waals surface area contributed by atoms with Crippen LogP contribution in [0.5, 0.6) is 23.0 Å². The second-order valence-electron chi connectivity index (χ2n) is 9.48. The molecule has 1 aromatic heterocycles. The fourth-order valence-electron chi connectivity index (χ4n) is 4.39. The number of benzene rings is 3. The number of aliphatic hydroxyl groups excluding tert-OH is 3. The van der Waals surface area contributed by atoms with Crippen LogP contribution >= 0.6 is 0 Å². The monoisotopic (exact) mass is 578 g/mol. The Balaban J connectivity index is 1.43. The smallest absolute Gasteiger partial charge is 0.330 e. The standard InChI is InChI=1S/C30H26O12/c31-17-9-7-16(8-10-17)28-29(25(36)23-19(33)12-18(32)13-20(23)40-28)42-30-27(38)26(37)24(35)21(41-30)14-39-22(34)11-6-15-4-2-1-3-5-15/h1-13,21,24,26-27,30-33,35,37-38H,14H2. The number of hydrogen-bond donors (Lipinski definition) is 6. The molecule has 5 atom stereocenters. The molecule has 2 heterocycles. The molecule has 5 rings (SSSR count). The highest BCUT2D eigenvalue weighted by atomic mass is 16.7. The van der Waals surface area contributed by atoms with Gasteiger partial charge in [0.05, 0.1) is 0 Å². The molecule has 0 bridgehead atoms. The summed E-state index contributed by atoms with van der Waals surface area (Å²) in [5.74, 6) is -2.62. The Hall–Kier alpha value is -4.88. The molecular formula is C30H26O12. The third-order valence-corrected chi connectivity index (χ3v) is 6.55. The van der Waals surface area contributed by atoms with Crippen molar-refractivity contribution >= 4 is 23.0 Å². The molecule has 3 aromatic carbocycles.